The number of methoxy groups -OCH3 is 1. The fourth-order valence-corrected chi connectivity index (χ4v) is 3.29. The smallest absolute Gasteiger partial charge is 0.421 e. The molecule has 0 atom stereocenters. The van der Waals surface area contributed by atoms with E-state index in [-0.39, 0.29) is 12.8 Å². The third-order valence-electron chi connectivity index (χ3n) is 3.10. The molecule has 0 saturated heterocycles. The maximum absolute atomic E-state index is 11.7. The van der Waals surface area contributed by atoms with E-state index in [0.717, 1.165) is 20.0 Å². The quantitative estimate of drug-likeness (QED) is 0.643. The van der Waals surface area contributed by atoms with Gasteiger partial charge in [-0.15, -0.1) is 0 Å². The molecule has 3 N–H and O–H groups in total. The zero-order valence-corrected chi connectivity index (χ0v) is 11.5. The highest BCUT2D eigenvalue weighted by molar-refractivity contribution is 7.88. The van der Waals surface area contributed by atoms with E-state index in [2.05, 4.69) is 9.46 Å². The highest BCUT2D eigenvalue weighted by atomic mass is 32.2. The van der Waals surface area contributed by atoms with Crippen molar-refractivity contribution >= 4 is 22.3 Å². The van der Waals surface area contributed by atoms with Gasteiger partial charge in [0.1, 0.15) is 5.54 Å². The van der Waals surface area contributed by atoms with Crippen molar-refractivity contribution in [1.82, 2.24) is 9.44 Å². The van der Waals surface area contributed by atoms with Gasteiger partial charge in [0.2, 0.25) is 0 Å². The van der Waals surface area contributed by atoms with E-state index in [0.29, 0.717) is 12.8 Å². The van der Waals surface area contributed by atoms with Crippen LogP contribution in [0.2, 0.25) is 0 Å². The van der Waals surface area contributed by atoms with Gasteiger partial charge in [0.05, 0.1) is 7.11 Å². The molecule has 1 saturated carbocycles. The van der Waals surface area contributed by atoms with Gasteiger partial charge in [0, 0.05) is 0 Å². The number of hydrogen-bond donors (Lipinski definition) is 3. The Morgan fingerprint density at radius 3 is 2.11 bits per heavy atom. The van der Waals surface area contributed by atoms with Crippen LogP contribution in [0.25, 0.3) is 0 Å². The molecule has 0 aliphatic heterocycles. The number of hydrogen-bond acceptors (Lipinski definition) is 5. The summed E-state index contributed by atoms with van der Waals surface area (Å²) in [6, 6.07) is 0. The van der Waals surface area contributed by atoms with Crippen LogP contribution in [0.4, 0.5) is 4.79 Å². The Balaban J connectivity index is 2.89. The number of amides is 1. The van der Waals surface area contributed by atoms with Crippen LogP contribution in [-0.4, -0.2) is 38.2 Å². The summed E-state index contributed by atoms with van der Waals surface area (Å²) in [6.07, 6.45) is 2.19. The van der Waals surface area contributed by atoms with E-state index < -0.39 is 27.8 Å². The molecule has 19 heavy (non-hydrogen) atoms. The van der Waals surface area contributed by atoms with E-state index >= 15 is 0 Å². The van der Waals surface area contributed by atoms with Gasteiger partial charge < -0.3 is 9.84 Å². The van der Waals surface area contributed by atoms with Crippen LogP contribution in [-0.2, 0) is 19.7 Å². The van der Waals surface area contributed by atoms with Crippen molar-refractivity contribution in [3.63, 3.8) is 0 Å². The predicted molar refractivity (Wildman–Crippen MR) is 65.7 cm³/mol. The minimum atomic E-state index is -4.27. The van der Waals surface area contributed by atoms with Gasteiger partial charge in [-0.25, -0.2) is 9.52 Å². The zero-order chi connectivity index (χ0) is 14.5. The zero-order valence-electron chi connectivity index (χ0n) is 10.6. The molecule has 0 heterocycles. The SMILES string of the molecule is COC(=O)NS(=O)(=O)NC1(C(=O)O)CCCCCC1. The number of aliphatic carboxylic acids is 1. The Labute approximate surface area is 111 Å². The highest BCUT2D eigenvalue weighted by Gasteiger charge is 2.42. The van der Waals surface area contributed by atoms with Crippen LogP contribution in [0, 0.1) is 0 Å². The summed E-state index contributed by atoms with van der Waals surface area (Å²) in [6.45, 7) is 0. The molecule has 1 aliphatic carbocycles. The summed E-state index contributed by atoms with van der Waals surface area (Å²) >= 11 is 0. The normalized spacial score (nSPS) is 19.2. The van der Waals surface area contributed by atoms with Crippen LogP contribution >= 0.6 is 0 Å². The molecule has 1 aliphatic rings. The molecule has 0 aromatic rings. The Kier molecular flexibility index (Phi) is 5.12. The molecule has 1 fully saturated rings. The molecule has 0 unspecified atom stereocenters. The molecular formula is C10H18N2O6S. The maximum Gasteiger partial charge on any atom is 0.421 e. The van der Waals surface area contributed by atoms with Gasteiger partial charge in [-0.05, 0) is 12.8 Å². The van der Waals surface area contributed by atoms with Crippen molar-refractivity contribution < 1.29 is 27.9 Å². The first-order valence-electron chi connectivity index (χ1n) is 5.94. The third-order valence-corrected chi connectivity index (χ3v) is 4.19. The molecule has 110 valence electrons. The molecule has 0 aromatic carbocycles. The summed E-state index contributed by atoms with van der Waals surface area (Å²) in [5.74, 6) is -1.23. The fraction of sp³-hybridized carbons (Fsp3) is 0.800. The number of ether oxygens (including phenoxy) is 1. The van der Waals surface area contributed by atoms with Gasteiger partial charge in [0.15, 0.2) is 0 Å². The topological polar surface area (TPSA) is 122 Å². The Hall–Kier alpha value is -1.35. The second-order valence-electron chi connectivity index (χ2n) is 4.50. The fourth-order valence-electron chi connectivity index (χ4n) is 2.13. The van der Waals surface area contributed by atoms with Crippen LogP contribution in [0.1, 0.15) is 38.5 Å². The number of carbonyl (C=O) groups excluding carboxylic acids is 1. The van der Waals surface area contributed by atoms with Crippen molar-refractivity contribution in [3.05, 3.63) is 0 Å². The molecule has 0 radical (unpaired) electrons. The molecule has 0 aromatic heterocycles. The summed E-state index contributed by atoms with van der Waals surface area (Å²) in [4.78, 5) is 22.3. The highest BCUT2D eigenvalue weighted by Crippen LogP contribution is 2.28. The van der Waals surface area contributed by atoms with Crippen LogP contribution in [0.5, 0.6) is 0 Å². The van der Waals surface area contributed by atoms with Crippen LogP contribution < -0.4 is 9.44 Å². The summed E-state index contributed by atoms with van der Waals surface area (Å²) < 4.78 is 31.2. The second-order valence-corrected chi connectivity index (χ2v) is 5.92. The monoisotopic (exact) mass is 294 g/mol. The first-order valence-corrected chi connectivity index (χ1v) is 7.43. The summed E-state index contributed by atoms with van der Waals surface area (Å²) in [5, 5.41) is 9.30. The Morgan fingerprint density at radius 1 is 1.16 bits per heavy atom. The van der Waals surface area contributed by atoms with Gasteiger partial charge in [0.25, 0.3) is 0 Å². The van der Waals surface area contributed by atoms with Crippen molar-refractivity contribution in [1.29, 1.82) is 0 Å². The van der Waals surface area contributed by atoms with Crippen LogP contribution in [0.3, 0.4) is 0 Å². The first-order chi connectivity index (χ1) is 8.81. The number of carboxylic acid groups (broad SMARTS) is 1. The van der Waals surface area contributed by atoms with E-state index in [4.69, 9.17) is 0 Å². The lowest BCUT2D eigenvalue weighted by molar-refractivity contribution is -0.144. The minimum Gasteiger partial charge on any atom is -0.480 e. The number of nitrogens with one attached hydrogen (secondary N) is 2. The standard InChI is InChI=1S/C10H18N2O6S/c1-18-9(15)11-19(16,17)12-10(8(13)14)6-4-2-3-5-7-10/h12H,2-7H2,1H3,(H,11,15)(H,13,14). The van der Waals surface area contributed by atoms with E-state index in [1.807, 2.05) is 0 Å². The van der Waals surface area contributed by atoms with E-state index in [1.165, 1.54) is 0 Å². The van der Waals surface area contributed by atoms with Gasteiger partial charge >= 0.3 is 22.3 Å². The van der Waals surface area contributed by atoms with Crippen molar-refractivity contribution in [2.24, 2.45) is 0 Å². The Morgan fingerprint density at radius 2 is 1.68 bits per heavy atom. The number of rotatable bonds is 4. The molecule has 0 bridgehead atoms. The lowest BCUT2D eigenvalue weighted by Gasteiger charge is -2.28. The van der Waals surface area contributed by atoms with Gasteiger partial charge in [-0.3, -0.25) is 4.79 Å². The molecule has 8 nitrogen and oxygen atoms in total. The lowest BCUT2D eigenvalue weighted by Crippen LogP contribution is -2.57. The Bertz CT molecular complexity index is 439. The van der Waals surface area contributed by atoms with Gasteiger partial charge in [-0.1, -0.05) is 25.7 Å². The minimum absolute atomic E-state index is 0.199. The predicted octanol–water partition coefficient (Wildman–Crippen LogP) is 0.354. The summed E-state index contributed by atoms with van der Waals surface area (Å²) in [5.41, 5.74) is -1.56. The second kappa shape index (κ2) is 6.20. The maximum atomic E-state index is 11.7. The average molecular weight is 294 g/mol. The first kappa shape index (κ1) is 15.7. The summed E-state index contributed by atoms with van der Waals surface area (Å²) in [7, 11) is -3.25. The largest absolute Gasteiger partial charge is 0.480 e. The molecule has 0 spiro atoms. The molecule has 1 rings (SSSR count). The van der Waals surface area contributed by atoms with E-state index in [9.17, 15) is 23.1 Å². The average Bonchev–Trinajstić information content (AvgIpc) is 2.54. The van der Waals surface area contributed by atoms with Crippen LogP contribution in [0.15, 0.2) is 0 Å². The number of carboxylic acids is 1. The van der Waals surface area contributed by atoms with Crippen molar-refractivity contribution in [2.75, 3.05) is 7.11 Å². The van der Waals surface area contributed by atoms with Crippen molar-refractivity contribution in [3.8, 4) is 0 Å². The molecule has 1 amide bonds. The number of carbonyl (C=O) groups is 2. The lowest BCUT2D eigenvalue weighted by atomic mass is 9.92. The molecular weight excluding hydrogens is 276 g/mol. The van der Waals surface area contributed by atoms with E-state index in [1.54, 1.807) is 4.72 Å². The van der Waals surface area contributed by atoms with Gasteiger partial charge in [-0.2, -0.15) is 13.1 Å². The molecule has 9 heteroatoms. The third kappa shape index (κ3) is 4.35. The van der Waals surface area contributed by atoms with Crippen molar-refractivity contribution in [2.45, 2.75) is 44.1 Å².